The molecule has 0 aliphatic heterocycles. The van der Waals surface area contributed by atoms with Crippen molar-refractivity contribution in [2.75, 3.05) is 11.9 Å². The summed E-state index contributed by atoms with van der Waals surface area (Å²) in [5.41, 5.74) is 0.421. The van der Waals surface area contributed by atoms with Crippen molar-refractivity contribution in [1.82, 2.24) is 0 Å². The maximum absolute atomic E-state index is 12.0. The zero-order chi connectivity index (χ0) is 13.5. The van der Waals surface area contributed by atoms with Crippen LogP contribution >= 0.6 is 15.9 Å². The summed E-state index contributed by atoms with van der Waals surface area (Å²) in [5.74, 6) is -0.00234. The van der Waals surface area contributed by atoms with Crippen LogP contribution in [0.4, 0.5) is 19.3 Å². The SMILES string of the molecule is CCCOC(=O)Nc1ccc(OC(F)F)c(Br)c1. The molecule has 1 aromatic carbocycles. The highest BCUT2D eigenvalue weighted by molar-refractivity contribution is 9.10. The molecule has 0 radical (unpaired) electrons. The monoisotopic (exact) mass is 323 g/mol. The van der Waals surface area contributed by atoms with Crippen molar-refractivity contribution in [1.29, 1.82) is 0 Å². The average Bonchev–Trinajstić information content (AvgIpc) is 2.29. The molecule has 1 N–H and O–H groups in total. The highest BCUT2D eigenvalue weighted by Gasteiger charge is 2.10. The van der Waals surface area contributed by atoms with Gasteiger partial charge in [-0.25, -0.2) is 4.79 Å². The van der Waals surface area contributed by atoms with Gasteiger partial charge in [0.05, 0.1) is 11.1 Å². The molecule has 1 aromatic rings. The van der Waals surface area contributed by atoms with Crippen LogP contribution in [0.3, 0.4) is 0 Å². The van der Waals surface area contributed by atoms with Crippen LogP contribution in [0, 0.1) is 0 Å². The highest BCUT2D eigenvalue weighted by atomic mass is 79.9. The summed E-state index contributed by atoms with van der Waals surface area (Å²) in [4.78, 5) is 11.2. The molecule has 1 amide bonds. The fourth-order valence-corrected chi connectivity index (χ4v) is 1.59. The Morgan fingerprint density at radius 2 is 2.22 bits per heavy atom. The first-order valence-corrected chi connectivity index (χ1v) is 6.00. The van der Waals surface area contributed by atoms with E-state index in [0.717, 1.165) is 6.42 Å². The minimum absolute atomic E-state index is 0.00234. The van der Waals surface area contributed by atoms with E-state index in [2.05, 4.69) is 26.0 Å². The molecule has 0 saturated heterocycles. The van der Waals surface area contributed by atoms with E-state index in [-0.39, 0.29) is 5.75 Å². The van der Waals surface area contributed by atoms with E-state index in [9.17, 15) is 13.6 Å². The summed E-state index contributed by atoms with van der Waals surface area (Å²) in [5, 5.41) is 2.46. The summed E-state index contributed by atoms with van der Waals surface area (Å²) >= 11 is 3.07. The molecule has 0 unspecified atom stereocenters. The minimum Gasteiger partial charge on any atom is -0.449 e. The van der Waals surface area contributed by atoms with Crippen LogP contribution in [0.25, 0.3) is 0 Å². The Bertz CT molecular complexity index is 415. The van der Waals surface area contributed by atoms with Crippen LogP contribution in [0.5, 0.6) is 5.75 Å². The predicted molar refractivity (Wildman–Crippen MR) is 66.0 cm³/mol. The molecule has 0 atom stereocenters. The van der Waals surface area contributed by atoms with Gasteiger partial charge in [-0.05, 0) is 40.5 Å². The lowest BCUT2D eigenvalue weighted by Crippen LogP contribution is -2.14. The van der Waals surface area contributed by atoms with Gasteiger partial charge in [-0.15, -0.1) is 0 Å². The molecular formula is C11H12BrF2NO3. The number of nitrogens with one attached hydrogen (secondary N) is 1. The van der Waals surface area contributed by atoms with Crippen molar-refractivity contribution in [2.45, 2.75) is 20.0 Å². The van der Waals surface area contributed by atoms with E-state index in [1.807, 2.05) is 6.92 Å². The first-order chi connectivity index (χ1) is 8.52. The molecule has 0 aliphatic carbocycles. The van der Waals surface area contributed by atoms with Gasteiger partial charge in [0.15, 0.2) is 0 Å². The molecule has 1 rings (SSSR count). The fraction of sp³-hybridized carbons (Fsp3) is 0.364. The van der Waals surface area contributed by atoms with Crippen LogP contribution in [0.15, 0.2) is 22.7 Å². The van der Waals surface area contributed by atoms with Crippen LogP contribution in [0.2, 0.25) is 0 Å². The third-order valence-corrected chi connectivity index (χ3v) is 2.45. The van der Waals surface area contributed by atoms with E-state index in [1.165, 1.54) is 18.2 Å². The molecule has 0 fully saturated rings. The molecule has 18 heavy (non-hydrogen) atoms. The largest absolute Gasteiger partial charge is 0.449 e. The summed E-state index contributed by atoms with van der Waals surface area (Å²) in [6.45, 7) is -0.699. The molecule has 0 aromatic heterocycles. The summed E-state index contributed by atoms with van der Waals surface area (Å²) in [6, 6.07) is 4.21. The maximum Gasteiger partial charge on any atom is 0.411 e. The van der Waals surface area contributed by atoms with Crippen molar-refractivity contribution in [3.8, 4) is 5.75 Å². The predicted octanol–water partition coefficient (Wildman–Crippen LogP) is 4.01. The molecule has 4 nitrogen and oxygen atoms in total. The van der Waals surface area contributed by atoms with E-state index in [4.69, 9.17) is 4.74 Å². The Hall–Kier alpha value is -1.37. The lowest BCUT2D eigenvalue weighted by Gasteiger charge is -2.09. The van der Waals surface area contributed by atoms with Gasteiger partial charge in [-0.3, -0.25) is 5.32 Å². The van der Waals surface area contributed by atoms with Crippen LogP contribution < -0.4 is 10.1 Å². The van der Waals surface area contributed by atoms with Gasteiger partial charge < -0.3 is 9.47 Å². The molecule has 0 aliphatic rings. The maximum atomic E-state index is 12.0. The van der Waals surface area contributed by atoms with Gasteiger partial charge in [0.1, 0.15) is 5.75 Å². The summed E-state index contributed by atoms with van der Waals surface area (Å²) < 4.78 is 33.4. The zero-order valence-electron chi connectivity index (χ0n) is 9.58. The topological polar surface area (TPSA) is 47.6 Å². The average molecular weight is 324 g/mol. The first kappa shape index (κ1) is 14.7. The van der Waals surface area contributed by atoms with Crippen LogP contribution in [-0.4, -0.2) is 19.3 Å². The van der Waals surface area contributed by atoms with Gasteiger partial charge in [0, 0.05) is 5.69 Å². The van der Waals surface area contributed by atoms with E-state index >= 15 is 0 Å². The summed E-state index contributed by atoms with van der Waals surface area (Å²) in [7, 11) is 0. The van der Waals surface area contributed by atoms with Crippen LogP contribution in [-0.2, 0) is 4.74 Å². The first-order valence-electron chi connectivity index (χ1n) is 5.21. The lowest BCUT2D eigenvalue weighted by atomic mass is 10.3. The third kappa shape index (κ3) is 4.87. The molecule has 7 heteroatoms. The number of benzene rings is 1. The number of halogens is 3. The molecule has 0 saturated carbocycles. The molecule has 100 valence electrons. The second-order valence-electron chi connectivity index (χ2n) is 3.28. The number of hydrogen-bond donors (Lipinski definition) is 1. The lowest BCUT2D eigenvalue weighted by molar-refractivity contribution is -0.0503. The number of rotatable bonds is 5. The Labute approximate surface area is 111 Å². The Morgan fingerprint density at radius 3 is 2.78 bits per heavy atom. The second kappa shape index (κ2) is 7.15. The number of carbonyl (C=O) groups is 1. The third-order valence-electron chi connectivity index (χ3n) is 1.83. The molecule has 0 spiro atoms. The van der Waals surface area contributed by atoms with Gasteiger partial charge in [-0.2, -0.15) is 8.78 Å². The molecular weight excluding hydrogens is 312 g/mol. The van der Waals surface area contributed by atoms with Crippen molar-refractivity contribution in [3.05, 3.63) is 22.7 Å². The fourth-order valence-electron chi connectivity index (χ4n) is 1.12. The highest BCUT2D eigenvalue weighted by Crippen LogP contribution is 2.29. The van der Waals surface area contributed by atoms with Crippen molar-refractivity contribution < 1.29 is 23.0 Å². The van der Waals surface area contributed by atoms with Crippen molar-refractivity contribution in [2.24, 2.45) is 0 Å². The zero-order valence-corrected chi connectivity index (χ0v) is 11.2. The number of amides is 1. The Kier molecular flexibility index (Phi) is 5.84. The van der Waals surface area contributed by atoms with E-state index in [1.54, 1.807) is 0 Å². The Morgan fingerprint density at radius 1 is 1.50 bits per heavy atom. The number of alkyl halides is 2. The van der Waals surface area contributed by atoms with Crippen molar-refractivity contribution >= 4 is 27.7 Å². The van der Waals surface area contributed by atoms with Crippen LogP contribution in [0.1, 0.15) is 13.3 Å². The van der Waals surface area contributed by atoms with E-state index < -0.39 is 12.7 Å². The normalized spacial score (nSPS) is 10.3. The van der Waals surface area contributed by atoms with E-state index in [0.29, 0.717) is 16.8 Å². The molecule has 0 heterocycles. The Balaban J connectivity index is 2.63. The number of hydrogen-bond acceptors (Lipinski definition) is 3. The van der Waals surface area contributed by atoms with Gasteiger partial charge in [0.25, 0.3) is 0 Å². The minimum atomic E-state index is -2.89. The van der Waals surface area contributed by atoms with Gasteiger partial charge in [0.2, 0.25) is 0 Å². The quantitative estimate of drug-likeness (QED) is 0.890. The standard InChI is InChI=1S/C11H12BrF2NO3/c1-2-5-17-11(16)15-7-3-4-9(8(12)6-7)18-10(13)14/h3-4,6,10H,2,5H2,1H3,(H,15,16). The smallest absolute Gasteiger partial charge is 0.411 e. The van der Waals surface area contributed by atoms with Crippen molar-refractivity contribution in [3.63, 3.8) is 0 Å². The number of carbonyl (C=O) groups excluding carboxylic acids is 1. The number of ether oxygens (including phenoxy) is 2. The molecule has 0 bridgehead atoms. The summed E-state index contributed by atoms with van der Waals surface area (Å²) in [6.07, 6.45) is 0.129. The van der Waals surface area contributed by atoms with Gasteiger partial charge in [-0.1, -0.05) is 6.92 Å². The number of anilines is 1. The second-order valence-corrected chi connectivity index (χ2v) is 4.14. The van der Waals surface area contributed by atoms with Gasteiger partial charge >= 0.3 is 12.7 Å².